The summed E-state index contributed by atoms with van der Waals surface area (Å²) in [5.74, 6) is 0.0918. The van der Waals surface area contributed by atoms with E-state index < -0.39 is 0 Å². The van der Waals surface area contributed by atoms with E-state index in [1.807, 2.05) is 0 Å². The summed E-state index contributed by atoms with van der Waals surface area (Å²) in [5, 5.41) is 3.44. The van der Waals surface area contributed by atoms with Crippen molar-refractivity contribution in [2.24, 2.45) is 5.41 Å². The number of amides is 1. The minimum Gasteiger partial charge on any atom is -0.399 e. The van der Waals surface area contributed by atoms with Crippen molar-refractivity contribution < 1.29 is 4.79 Å². The number of carbonyl (C=O) groups excluding carboxylic acids is 1. The first-order chi connectivity index (χ1) is 8.57. The molecule has 3 nitrogen and oxygen atoms in total. The van der Waals surface area contributed by atoms with Gasteiger partial charge in [0.1, 0.15) is 0 Å². The monoisotopic (exact) mass is 266 g/mol. The van der Waals surface area contributed by atoms with E-state index in [9.17, 15) is 4.79 Å². The lowest BCUT2D eigenvalue weighted by atomic mass is 9.82. The molecule has 0 unspecified atom stereocenters. The van der Waals surface area contributed by atoms with Crippen molar-refractivity contribution in [3.63, 3.8) is 0 Å². The van der Waals surface area contributed by atoms with Gasteiger partial charge in [0, 0.05) is 11.1 Å². The Morgan fingerprint density at radius 3 is 2.67 bits per heavy atom. The van der Waals surface area contributed by atoms with Crippen LogP contribution >= 0.6 is 11.6 Å². The molecule has 1 fully saturated rings. The van der Waals surface area contributed by atoms with Crippen LogP contribution in [-0.4, -0.2) is 5.91 Å². The maximum absolute atomic E-state index is 12.4. The largest absolute Gasteiger partial charge is 0.399 e. The van der Waals surface area contributed by atoms with Gasteiger partial charge in [0.2, 0.25) is 5.91 Å². The second-order valence-electron chi connectivity index (χ2n) is 5.03. The number of nitrogens with one attached hydrogen (secondary N) is 1. The van der Waals surface area contributed by atoms with Gasteiger partial charge in [-0.3, -0.25) is 4.79 Å². The van der Waals surface area contributed by atoms with Gasteiger partial charge in [-0.05, 0) is 37.5 Å². The van der Waals surface area contributed by atoms with E-state index in [4.69, 9.17) is 17.3 Å². The van der Waals surface area contributed by atoms with Crippen LogP contribution in [0.25, 0.3) is 0 Å². The molecule has 0 atom stereocenters. The number of rotatable bonds is 3. The number of nitrogen functional groups attached to an aromatic ring is 1. The van der Waals surface area contributed by atoms with E-state index >= 15 is 0 Å². The molecule has 1 saturated carbocycles. The van der Waals surface area contributed by atoms with Crippen molar-refractivity contribution in [1.29, 1.82) is 0 Å². The van der Waals surface area contributed by atoms with Crippen LogP contribution in [0.5, 0.6) is 0 Å². The molecule has 1 amide bonds. The fourth-order valence-electron chi connectivity index (χ4n) is 2.68. The predicted molar refractivity (Wildman–Crippen MR) is 75.7 cm³/mol. The average molecular weight is 267 g/mol. The van der Waals surface area contributed by atoms with Crippen LogP contribution in [0.1, 0.15) is 39.0 Å². The van der Waals surface area contributed by atoms with Crippen molar-refractivity contribution in [3.05, 3.63) is 23.2 Å². The maximum atomic E-state index is 12.4. The van der Waals surface area contributed by atoms with Crippen LogP contribution in [0.4, 0.5) is 11.4 Å². The molecule has 0 spiro atoms. The molecule has 0 heterocycles. The molecule has 1 aromatic rings. The molecule has 18 heavy (non-hydrogen) atoms. The molecule has 4 heteroatoms. The molecule has 1 aromatic carbocycles. The van der Waals surface area contributed by atoms with Crippen molar-refractivity contribution in [2.75, 3.05) is 11.1 Å². The summed E-state index contributed by atoms with van der Waals surface area (Å²) in [6.45, 7) is 2.08. The lowest BCUT2D eigenvalue weighted by Gasteiger charge is -2.26. The van der Waals surface area contributed by atoms with Gasteiger partial charge in [-0.25, -0.2) is 0 Å². The number of benzene rings is 1. The highest BCUT2D eigenvalue weighted by Gasteiger charge is 2.39. The number of carbonyl (C=O) groups is 1. The highest BCUT2D eigenvalue weighted by molar-refractivity contribution is 6.34. The molecule has 0 saturated heterocycles. The van der Waals surface area contributed by atoms with Crippen LogP contribution in [0.2, 0.25) is 5.02 Å². The third kappa shape index (κ3) is 2.46. The van der Waals surface area contributed by atoms with Crippen molar-refractivity contribution in [3.8, 4) is 0 Å². The lowest BCUT2D eigenvalue weighted by molar-refractivity contribution is -0.125. The summed E-state index contributed by atoms with van der Waals surface area (Å²) >= 11 is 6.07. The van der Waals surface area contributed by atoms with Gasteiger partial charge >= 0.3 is 0 Å². The highest BCUT2D eigenvalue weighted by Crippen LogP contribution is 2.42. The Morgan fingerprint density at radius 2 is 2.11 bits per heavy atom. The van der Waals surface area contributed by atoms with E-state index in [2.05, 4.69) is 12.2 Å². The summed E-state index contributed by atoms with van der Waals surface area (Å²) in [6, 6.07) is 5.16. The first-order valence-electron chi connectivity index (χ1n) is 6.44. The molecule has 2 rings (SSSR count). The van der Waals surface area contributed by atoms with Gasteiger partial charge < -0.3 is 11.1 Å². The lowest BCUT2D eigenvalue weighted by Crippen LogP contribution is -2.33. The Labute approximate surface area is 113 Å². The van der Waals surface area contributed by atoms with Gasteiger partial charge in [0.25, 0.3) is 0 Å². The second-order valence-corrected chi connectivity index (χ2v) is 5.44. The third-order valence-corrected chi connectivity index (χ3v) is 4.27. The zero-order chi connectivity index (χ0) is 13.2. The highest BCUT2D eigenvalue weighted by atomic mass is 35.5. The minimum absolute atomic E-state index is 0.0918. The van der Waals surface area contributed by atoms with Gasteiger partial charge in [0.05, 0.1) is 10.7 Å². The fourth-order valence-corrected chi connectivity index (χ4v) is 2.92. The average Bonchev–Trinajstić information content (AvgIpc) is 2.82. The minimum atomic E-state index is -0.204. The van der Waals surface area contributed by atoms with Crippen LogP contribution in [-0.2, 0) is 4.79 Å². The Balaban J connectivity index is 2.15. The fraction of sp³-hybridized carbons (Fsp3) is 0.500. The van der Waals surface area contributed by atoms with Crippen molar-refractivity contribution in [1.82, 2.24) is 0 Å². The number of anilines is 2. The zero-order valence-corrected chi connectivity index (χ0v) is 11.4. The number of hydrogen-bond acceptors (Lipinski definition) is 2. The van der Waals surface area contributed by atoms with E-state index in [0.717, 1.165) is 32.1 Å². The van der Waals surface area contributed by atoms with E-state index in [1.165, 1.54) is 0 Å². The summed E-state index contributed by atoms with van der Waals surface area (Å²) < 4.78 is 0. The molecule has 0 aromatic heterocycles. The first kappa shape index (κ1) is 13.2. The Hall–Kier alpha value is -1.22. The van der Waals surface area contributed by atoms with Crippen molar-refractivity contribution >= 4 is 28.9 Å². The smallest absolute Gasteiger partial charge is 0.230 e. The Kier molecular flexibility index (Phi) is 3.81. The molecule has 1 aliphatic carbocycles. The summed E-state index contributed by atoms with van der Waals surface area (Å²) in [7, 11) is 0. The van der Waals surface area contributed by atoms with E-state index in [1.54, 1.807) is 18.2 Å². The summed E-state index contributed by atoms with van der Waals surface area (Å²) in [6.07, 6.45) is 5.10. The second kappa shape index (κ2) is 5.19. The molecular formula is C14H19ClN2O. The van der Waals surface area contributed by atoms with E-state index in [0.29, 0.717) is 16.4 Å². The van der Waals surface area contributed by atoms with Gasteiger partial charge in [-0.15, -0.1) is 0 Å². The standard InChI is InChI=1S/C14H19ClN2O/c1-2-14(7-3-4-8-14)13(18)17-12-6-5-10(16)9-11(12)15/h5-6,9H,2-4,7-8,16H2,1H3,(H,17,18). The van der Waals surface area contributed by atoms with Crippen LogP contribution in [0, 0.1) is 5.41 Å². The SMILES string of the molecule is CCC1(C(=O)Nc2ccc(N)cc2Cl)CCCC1. The van der Waals surface area contributed by atoms with Gasteiger partial charge in [0.15, 0.2) is 0 Å². The molecule has 3 N–H and O–H groups in total. The molecule has 0 radical (unpaired) electrons. The third-order valence-electron chi connectivity index (χ3n) is 3.96. The van der Waals surface area contributed by atoms with Crippen LogP contribution in [0.3, 0.4) is 0 Å². The zero-order valence-electron chi connectivity index (χ0n) is 10.6. The summed E-state index contributed by atoms with van der Waals surface area (Å²) in [4.78, 5) is 12.4. The summed E-state index contributed by atoms with van der Waals surface area (Å²) in [5.41, 5.74) is 6.68. The predicted octanol–water partition coefficient (Wildman–Crippen LogP) is 3.83. The topological polar surface area (TPSA) is 55.1 Å². The quantitative estimate of drug-likeness (QED) is 0.817. The Morgan fingerprint density at radius 1 is 1.44 bits per heavy atom. The number of hydrogen-bond donors (Lipinski definition) is 2. The van der Waals surface area contributed by atoms with Gasteiger partial charge in [-0.2, -0.15) is 0 Å². The van der Waals surface area contributed by atoms with Gasteiger partial charge in [-0.1, -0.05) is 31.4 Å². The molecule has 1 aliphatic rings. The maximum Gasteiger partial charge on any atom is 0.230 e. The molecule has 0 aliphatic heterocycles. The van der Waals surface area contributed by atoms with Crippen LogP contribution in [0.15, 0.2) is 18.2 Å². The Bertz CT molecular complexity index is 453. The normalized spacial score (nSPS) is 17.7. The number of nitrogens with two attached hydrogens (primary N) is 1. The van der Waals surface area contributed by atoms with Crippen LogP contribution < -0.4 is 11.1 Å². The molecule has 0 bridgehead atoms. The van der Waals surface area contributed by atoms with E-state index in [-0.39, 0.29) is 11.3 Å². The number of halogens is 1. The first-order valence-corrected chi connectivity index (χ1v) is 6.82. The molecule has 98 valence electrons. The molecular weight excluding hydrogens is 248 g/mol. The van der Waals surface area contributed by atoms with Crippen molar-refractivity contribution in [2.45, 2.75) is 39.0 Å².